The van der Waals surface area contributed by atoms with Crippen molar-refractivity contribution in [2.45, 2.75) is 12.5 Å². The van der Waals surface area contributed by atoms with Gasteiger partial charge in [0.05, 0.1) is 6.04 Å². The van der Waals surface area contributed by atoms with E-state index in [1.165, 1.54) is 24.3 Å². The third kappa shape index (κ3) is 7.02. The van der Waals surface area contributed by atoms with Crippen LogP contribution >= 0.6 is 0 Å². The molecule has 0 saturated heterocycles. The van der Waals surface area contributed by atoms with Crippen molar-refractivity contribution in [1.82, 2.24) is 10.6 Å². The van der Waals surface area contributed by atoms with Crippen LogP contribution in [0.25, 0.3) is 12.2 Å². The molecule has 39 heavy (non-hydrogen) atoms. The fourth-order valence-corrected chi connectivity index (χ4v) is 3.31. The van der Waals surface area contributed by atoms with Crippen molar-refractivity contribution < 1.29 is 50.4 Å². The first-order valence-corrected chi connectivity index (χ1v) is 11.1. The number of aromatic hydroxyl groups is 8. The van der Waals surface area contributed by atoms with Crippen LogP contribution in [0, 0.1) is 0 Å². The van der Waals surface area contributed by atoms with Gasteiger partial charge in [-0.15, -0.1) is 0 Å². The summed E-state index contributed by atoms with van der Waals surface area (Å²) in [4.78, 5) is 25.7. The van der Waals surface area contributed by atoms with Crippen LogP contribution in [0.1, 0.15) is 16.7 Å². The largest absolute Gasteiger partial charge is 0.504 e. The van der Waals surface area contributed by atoms with Gasteiger partial charge in [-0.2, -0.15) is 0 Å². The predicted octanol–water partition coefficient (Wildman–Crippen LogP) is 1.15. The maximum Gasteiger partial charge on any atom is 0.271 e. The Bertz CT molecular complexity index is 1440. The maximum atomic E-state index is 12.9. The SMILES string of the molecule is N[C@@H](Cc1ccc(O)c(O)c1)C(=O)N/C(=C\c1cc(O)c(O)c(O)c1)C(=O)N/C=C/c1cc(O)c(O)c(O)c1. The van der Waals surface area contributed by atoms with Gasteiger partial charge < -0.3 is 57.2 Å². The van der Waals surface area contributed by atoms with Gasteiger partial charge in [-0.1, -0.05) is 6.07 Å². The summed E-state index contributed by atoms with van der Waals surface area (Å²) in [5.74, 6) is -6.58. The van der Waals surface area contributed by atoms with Gasteiger partial charge in [0.15, 0.2) is 46.0 Å². The first-order valence-electron chi connectivity index (χ1n) is 11.1. The minimum atomic E-state index is -1.22. The molecule has 0 heterocycles. The van der Waals surface area contributed by atoms with E-state index >= 15 is 0 Å². The lowest BCUT2D eigenvalue weighted by molar-refractivity contribution is -0.124. The summed E-state index contributed by atoms with van der Waals surface area (Å²) >= 11 is 0. The summed E-state index contributed by atoms with van der Waals surface area (Å²) < 4.78 is 0. The van der Waals surface area contributed by atoms with Gasteiger partial charge in [-0.05, 0) is 71.7 Å². The molecule has 0 aliphatic rings. The molecular formula is C26H25N3O10. The first-order chi connectivity index (χ1) is 18.3. The normalized spacial score (nSPS) is 12.3. The van der Waals surface area contributed by atoms with Gasteiger partial charge >= 0.3 is 0 Å². The second-order valence-corrected chi connectivity index (χ2v) is 8.30. The van der Waals surface area contributed by atoms with Crippen molar-refractivity contribution in [2.75, 3.05) is 0 Å². The third-order valence-corrected chi connectivity index (χ3v) is 5.32. The highest BCUT2D eigenvalue weighted by molar-refractivity contribution is 6.02. The lowest BCUT2D eigenvalue weighted by Crippen LogP contribution is -2.44. The molecule has 0 unspecified atom stereocenters. The molecule has 0 fully saturated rings. The van der Waals surface area contributed by atoms with E-state index in [1.807, 2.05) is 0 Å². The summed E-state index contributed by atoms with van der Waals surface area (Å²) in [7, 11) is 0. The molecule has 0 aliphatic heterocycles. The number of carbonyl (C=O) groups excluding carboxylic acids is 2. The Labute approximate surface area is 220 Å². The van der Waals surface area contributed by atoms with E-state index in [0.29, 0.717) is 5.56 Å². The Balaban J connectivity index is 1.84. The zero-order chi connectivity index (χ0) is 28.9. The van der Waals surface area contributed by atoms with Crippen LogP contribution in [0.3, 0.4) is 0 Å². The quantitative estimate of drug-likeness (QED) is 0.143. The van der Waals surface area contributed by atoms with E-state index in [1.54, 1.807) is 0 Å². The lowest BCUT2D eigenvalue weighted by Gasteiger charge is -2.15. The second-order valence-electron chi connectivity index (χ2n) is 8.30. The molecule has 3 aromatic rings. The summed E-state index contributed by atoms with van der Waals surface area (Å²) in [6.45, 7) is 0. The van der Waals surface area contributed by atoms with Crippen LogP contribution in [0.5, 0.6) is 46.0 Å². The van der Waals surface area contributed by atoms with Crippen molar-refractivity contribution >= 4 is 24.0 Å². The fourth-order valence-electron chi connectivity index (χ4n) is 3.31. The molecule has 3 rings (SSSR count). The highest BCUT2D eigenvalue weighted by Crippen LogP contribution is 2.36. The molecule has 0 aliphatic carbocycles. The molecule has 0 saturated carbocycles. The van der Waals surface area contributed by atoms with Gasteiger partial charge in [-0.25, -0.2) is 0 Å². The molecule has 0 radical (unpaired) electrons. The summed E-state index contributed by atoms with van der Waals surface area (Å²) in [5, 5.41) is 81.6. The van der Waals surface area contributed by atoms with Gasteiger partial charge in [-0.3, -0.25) is 9.59 Å². The van der Waals surface area contributed by atoms with E-state index in [-0.39, 0.29) is 23.3 Å². The van der Waals surface area contributed by atoms with Gasteiger partial charge in [0.1, 0.15) is 5.70 Å². The highest BCUT2D eigenvalue weighted by atomic mass is 16.3. The third-order valence-electron chi connectivity index (χ3n) is 5.32. The molecule has 204 valence electrons. The zero-order valence-electron chi connectivity index (χ0n) is 20.0. The number of phenolic OH excluding ortho intramolecular Hbond substituents is 8. The monoisotopic (exact) mass is 539 g/mol. The van der Waals surface area contributed by atoms with Crippen molar-refractivity contribution in [3.05, 3.63) is 71.1 Å². The van der Waals surface area contributed by atoms with Crippen molar-refractivity contribution in [2.24, 2.45) is 5.73 Å². The Morgan fingerprint density at radius 3 is 1.82 bits per heavy atom. The topological polar surface area (TPSA) is 246 Å². The summed E-state index contributed by atoms with van der Waals surface area (Å²) in [6, 6.07) is 6.92. The van der Waals surface area contributed by atoms with E-state index in [4.69, 9.17) is 5.73 Å². The molecule has 0 bridgehead atoms. The molecule has 13 heteroatoms. The second kappa shape index (κ2) is 11.7. The average Bonchev–Trinajstić information content (AvgIpc) is 2.87. The number of phenols is 8. The Kier molecular flexibility index (Phi) is 8.38. The van der Waals surface area contributed by atoms with E-state index < -0.39 is 63.8 Å². The van der Waals surface area contributed by atoms with E-state index in [2.05, 4.69) is 10.6 Å². The summed E-state index contributed by atoms with van der Waals surface area (Å²) in [6.07, 6.45) is 3.37. The van der Waals surface area contributed by atoms with Gasteiger partial charge in [0, 0.05) is 6.20 Å². The Morgan fingerprint density at radius 2 is 1.28 bits per heavy atom. The Hall–Kier alpha value is -5.56. The number of benzene rings is 3. The van der Waals surface area contributed by atoms with Crippen LogP contribution in [0.4, 0.5) is 0 Å². The van der Waals surface area contributed by atoms with E-state index in [0.717, 1.165) is 36.5 Å². The van der Waals surface area contributed by atoms with Crippen LogP contribution in [0.15, 0.2) is 54.4 Å². The Morgan fingerprint density at radius 1 is 0.744 bits per heavy atom. The zero-order valence-corrected chi connectivity index (χ0v) is 20.0. The van der Waals surface area contributed by atoms with Gasteiger partial charge in [0.2, 0.25) is 5.91 Å². The van der Waals surface area contributed by atoms with Crippen LogP contribution in [0.2, 0.25) is 0 Å². The van der Waals surface area contributed by atoms with Crippen LogP contribution in [-0.4, -0.2) is 58.7 Å². The molecule has 2 amide bonds. The average molecular weight is 539 g/mol. The number of hydrogen-bond donors (Lipinski definition) is 11. The molecule has 3 aromatic carbocycles. The molecular weight excluding hydrogens is 514 g/mol. The first kappa shape index (κ1) is 28.0. The number of hydrogen-bond acceptors (Lipinski definition) is 11. The standard InChI is InChI=1S/C26H25N3O10/c27-15(5-12-1-2-17(30)18(31)7-12)25(38)29-16(6-14-10-21(34)24(37)22(35)11-14)26(39)28-4-3-13-8-19(32)23(36)20(33)9-13/h1-4,6-11,15,30-37H,5,27H2,(H,28,39)(H,29,38)/b4-3+,16-6-/t15-/m0/s1. The van der Waals surface area contributed by atoms with Gasteiger partial charge in [0.25, 0.3) is 5.91 Å². The fraction of sp³-hybridized carbons (Fsp3) is 0.0769. The summed E-state index contributed by atoms with van der Waals surface area (Å²) in [5.41, 5.74) is 6.19. The molecule has 0 spiro atoms. The predicted molar refractivity (Wildman–Crippen MR) is 138 cm³/mol. The number of nitrogens with one attached hydrogen (secondary N) is 2. The molecule has 13 nitrogen and oxygen atoms in total. The number of rotatable bonds is 8. The number of carbonyl (C=O) groups is 2. The van der Waals surface area contributed by atoms with Crippen molar-refractivity contribution in [3.63, 3.8) is 0 Å². The molecule has 1 atom stereocenters. The highest BCUT2D eigenvalue weighted by Gasteiger charge is 2.20. The lowest BCUT2D eigenvalue weighted by atomic mass is 10.0. The van der Waals surface area contributed by atoms with Crippen LogP contribution in [-0.2, 0) is 16.0 Å². The minimum Gasteiger partial charge on any atom is -0.504 e. The molecule has 0 aromatic heterocycles. The minimum absolute atomic E-state index is 0.0163. The van der Waals surface area contributed by atoms with Crippen molar-refractivity contribution in [3.8, 4) is 46.0 Å². The smallest absolute Gasteiger partial charge is 0.271 e. The number of amides is 2. The molecule has 12 N–H and O–H groups in total. The van der Waals surface area contributed by atoms with Crippen LogP contribution < -0.4 is 16.4 Å². The number of nitrogens with two attached hydrogens (primary N) is 1. The van der Waals surface area contributed by atoms with E-state index in [9.17, 15) is 50.4 Å². The maximum absolute atomic E-state index is 12.9. The van der Waals surface area contributed by atoms with Crippen molar-refractivity contribution in [1.29, 1.82) is 0 Å².